The van der Waals surface area contributed by atoms with E-state index in [1.807, 2.05) is 0 Å². The fourth-order valence-corrected chi connectivity index (χ4v) is 2.69. The predicted molar refractivity (Wildman–Crippen MR) is 74.6 cm³/mol. The molecule has 0 amide bonds. The number of hydrogen-bond donors (Lipinski definition) is 1. The first-order valence-corrected chi connectivity index (χ1v) is 6.52. The van der Waals surface area contributed by atoms with Gasteiger partial charge in [0.15, 0.2) is 0 Å². The van der Waals surface area contributed by atoms with Gasteiger partial charge in [0.25, 0.3) is 0 Å². The van der Waals surface area contributed by atoms with Crippen LogP contribution in [0.5, 0.6) is 0 Å². The predicted octanol–water partition coefficient (Wildman–Crippen LogP) is 4.83. The van der Waals surface area contributed by atoms with E-state index in [9.17, 15) is 5.11 Å². The van der Waals surface area contributed by atoms with Crippen molar-refractivity contribution in [3.8, 4) is 11.3 Å². The highest BCUT2D eigenvalue weighted by molar-refractivity contribution is 6.41. The van der Waals surface area contributed by atoms with Crippen LogP contribution in [0, 0.1) is 0 Å². The van der Waals surface area contributed by atoms with E-state index < -0.39 is 6.10 Å². The third-order valence-corrected chi connectivity index (χ3v) is 3.23. The van der Waals surface area contributed by atoms with Crippen molar-refractivity contribution in [3.63, 3.8) is 0 Å². The maximum atomic E-state index is 9.30. The molecule has 0 aliphatic rings. The number of halogens is 3. The van der Waals surface area contributed by atoms with Gasteiger partial charge in [-0.25, -0.2) is 0 Å². The molecule has 18 heavy (non-hydrogen) atoms. The highest BCUT2D eigenvalue weighted by atomic mass is 35.5. The molecule has 2 aromatic rings. The minimum Gasteiger partial charge on any atom is -0.461 e. The van der Waals surface area contributed by atoms with Crippen LogP contribution >= 0.6 is 34.8 Å². The molecule has 1 atom stereocenters. The number of aliphatic hydroxyl groups is 1. The molecule has 1 unspecified atom stereocenters. The van der Waals surface area contributed by atoms with E-state index in [0.29, 0.717) is 38.6 Å². The van der Waals surface area contributed by atoms with E-state index in [1.54, 1.807) is 31.2 Å². The second kappa shape index (κ2) is 5.54. The van der Waals surface area contributed by atoms with Crippen molar-refractivity contribution in [3.05, 3.63) is 45.1 Å². The molecule has 2 nitrogen and oxygen atoms in total. The molecule has 96 valence electrons. The Morgan fingerprint density at radius 1 is 1.17 bits per heavy atom. The highest BCUT2D eigenvalue weighted by Crippen LogP contribution is 2.38. The zero-order valence-corrected chi connectivity index (χ0v) is 11.9. The Kier molecular flexibility index (Phi) is 4.23. The van der Waals surface area contributed by atoms with Crippen molar-refractivity contribution >= 4 is 34.8 Å². The molecular formula is C13H11Cl3O2. The van der Waals surface area contributed by atoms with Gasteiger partial charge >= 0.3 is 0 Å². The average molecular weight is 306 g/mol. The zero-order valence-electron chi connectivity index (χ0n) is 9.58. The van der Waals surface area contributed by atoms with Crippen LogP contribution in [0.1, 0.15) is 12.7 Å². The Hall–Kier alpha value is -0.670. The van der Waals surface area contributed by atoms with Gasteiger partial charge in [-0.2, -0.15) is 0 Å². The molecule has 0 fully saturated rings. The number of furan rings is 1. The quantitative estimate of drug-likeness (QED) is 0.881. The van der Waals surface area contributed by atoms with E-state index in [0.717, 1.165) is 0 Å². The van der Waals surface area contributed by atoms with Gasteiger partial charge in [-0.3, -0.25) is 0 Å². The molecule has 0 saturated heterocycles. The lowest BCUT2D eigenvalue weighted by atomic mass is 10.2. The van der Waals surface area contributed by atoms with Gasteiger partial charge in [0.2, 0.25) is 0 Å². The summed E-state index contributed by atoms with van der Waals surface area (Å²) in [5.74, 6) is 1.25. The molecule has 1 aromatic heterocycles. The molecule has 0 bridgehead atoms. The summed E-state index contributed by atoms with van der Waals surface area (Å²) in [6.45, 7) is 1.70. The standard InChI is InChI=1S/C13H11Cl3O2/c1-7(17)4-9-2-3-12(18-9)13-10(15)5-8(14)6-11(13)16/h2-3,5-7,17H,4H2,1H3. The van der Waals surface area contributed by atoms with Gasteiger partial charge < -0.3 is 9.52 Å². The molecule has 0 aliphatic heterocycles. The first kappa shape index (κ1) is 13.8. The Labute approximate surface area is 120 Å². The summed E-state index contributed by atoms with van der Waals surface area (Å²) in [5, 5.41) is 10.6. The summed E-state index contributed by atoms with van der Waals surface area (Å²) in [6, 6.07) is 6.80. The molecule has 0 spiro atoms. The van der Waals surface area contributed by atoms with Gasteiger partial charge in [-0.1, -0.05) is 34.8 Å². The zero-order chi connectivity index (χ0) is 13.3. The summed E-state index contributed by atoms with van der Waals surface area (Å²) < 4.78 is 5.61. The first-order chi connectivity index (χ1) is 8.47. The maximum Gasteiger partial charge on any atom is 0.137 e. The molecule has 2 rings (SSSR count). The van der Waals surface area contributed by atoms with Gasteiger partial charge in [-0.05, 0) is 31.2 Å². The topological polar surface area (TPSA) is 33.4 Å². The Bertz CT molecular complexity index is 538. The van der Waals surface area contributed by atoms with Crippen molar-refractivity contribution in [1.82, 2.24) is 0 Å². The van der Waals surface area contributed by atoms with Crippen LogP contribution in [-0.4, -0.2) is 11.2 Å². The second-order valence-corrected chi connectivity index (χ2v) is 5.31. The Morgan fingerprint density at radius 2 is 1.78 bits per heavy atom. The van der Waals surface area contributed by atoms with Gasteiger partial charge in [0, 0.05) is 11.4 Å². The van der Waals surface area contributed by atoms with Crippen molar-refractivity contribution in [2.75, 3.05) is 0 Å². The molecule has 0 saturated carbocycles. The fourth-order valence-electron chi connectivity index (χ4n) is 1.69. The van der Waals surface area contributed by atoms with E-state index in [1.165, 1.54) is 0 Å². The average Bonchev–Trinajstić information content (AvgIpc) is 2.63. The smallest absolute Gasteiger partial charge is 0.137 e. The summed E-state index contributed by atoms with van der Waals surface area (Å²) in [4.78, 5) is 0. The van der Waals surface area contributed by atoms with E-state index >= 15 is 0 Å². The van der Waals surface area contributed by atoms with Crippen molar-refractivity contribution in [2.24, 2.45) is 0 Å². The summed E-state index contributed by atoms with van der Waals surface area (Å²) >= 11 is 18.1. The summed E-state index contributed by atoms with van der Waals surface area (Å²) in [7, 11) is 0. The third-order valence-electron chi connectivity index (χ3n) is 2.41. The van der Waals surface area contributed by atoms with Crippen LogP contribution in [0.15, 0.2) is 28.7 Å². The van der Waals surface area contributed by atoms with Crippen molar-refractivity contribution in [1.29, 1.82) is 0 Å². The molecule has 5 heteroatoms. The van der Waals surface area contributed by atoms with E-state index in [-0.39, 0.29) is 0 Å². The largest absolute Gasteiger partial charge is 0.461 e. The lowest BCUT2D eigenvalue weighted by Gasteiger charge is -2.05. The van der Waals surface area contributed by atoms with Gasteiger partial charge in [0.05, 0.1) is 21.7 Å². The molecule has 0 aliphatic carbocycles. The molecule has 0 radical (unpaired) electrons. The van der Waals surface area contributed by atoms with Gasteiger partial charge in [0.1, 0.15) is 11.5 Å². The molecular weight excluding hydrogens is 294 g/mol. The van der Waals surface area contributed by atoms with E-state index in [4.69, 9.17) is 39.2 Å². The van der Waals surface area contributed by atoms with Crippen LogP contribution < -0.4 is 0 Å². The van der Waals surface area contributed by atoms with Crippen molar-refractivity contribution in [2.45, 2.75) is 19.4 Å². The Balaban J connectivity index is 2.40. The highest BCUT2D eigenvalue weighted by Gasteiger charge is 2.14. The van der Waals surface area contributed by atoms with Crippen LogP contribution in [0.4, 0.5) is 0 Å². The fraction of sp³-hybridized carbons (Fsp3) is 0.231. The number of aliphatic hydroxyl groups excluding tert-OH is 1. The maximum absolute atomic E-state index is 9.30. The first-order valence-electron chi connectivity index (χ1n) is 5.39. The summed E-state index contributed by atoms with van der Waals surface area (Å²) in [6.07, 6.45) is -0.0109. The molecule has 1 N–H and O–H groups in total. The lowest BCUT2D eigenvalue weighted by Crippen LogP contribution is -2.02. The summed E-state index contributed by atoms with van der Waals surface area (Å²) in [5.41, 5.74) is 0.611. The second-order valence-electron chi connectivity index (χ2n) is 4.06. The minimum absolute atomic E-state index is 0.436. The number of benzene rings is 1. The normalized spacial score (nSPS) is 12.7. The monoisotopic (exact) mass is 304 g/mol. The van der Waals surface area contributed by atoms with Gasteiger partial charge in [-0.15, -0.1) is 0 Å². The van der Waals surface area contributed by atoms with Crippen LogP contribution in [0.2, 0.25) is 15.1 Å². The molecule has 1 heterocycles. The van der Waals surface area contributed by atoms with E-state index in [2.05, 4.69) is 0 Å². The van der Waals surface area contributed by atoms with Crippen LogP contribution in [0.25, 0.3) is 11.3 Å². The third kappa shape index (κ3) is 3.01. The molecule has 1 aromatic carbocycles. The van der Waals surface area contributed by atoms with Crippen LogP contribution in [-0.2, 0) is 6.42 Å². The number of hydrogen-bond acceptors (Lipinski definition) is 2. The Morgan fingerprint density at radius 3 is 2.33 bits per heavy atom. The number of rotatable bonds is 3. The van der Waals surface area contributed by atoms with Crippen molar-refractivity contribution < 1.29 is 9.52 Å². The lowest BCUT2D eigenvalue weighted by molar-refractivity contribution is 0.187. The van der Waals surface area contributed by atoms with Crippen LogP contribution in [0.3, 0.4) is 0 Å². The minimum atomic E-state index is -0.458. The SMILES string of the molecule is CC(O)Cc1ccc(-c2c(Cl)cc(Cl)cc2Cl)o1.